The minimum Gasteiger partial charge on any atom is -0.384 e. The molecule has 1 saturated heterocycles. The summed E-state index contributed by atoms with van der Waals surface area (Å²) in [5.41, 5.74) is 0. The lowest BCUT2D eigenvalue weighted by Crippen LogP contribution is -2.51. The lowest BCUT2D eigenvalue weighted by Gasteiger charge is -2.35. The highest BCUT2D eigenvalue weighted by atomic mass is 19.4. The fourth-order valence-electron chi connectivity index (χ4n) is 2.03. The van der Waals surface area contributed by atoms with E-state index in [2.05, 4.69) is 9.64 Å². The first-order chi connectivity index (χ1) is 9.29. The van der Waals surface area contributed by atoms with Gasteiger partial charge in [-0.3, -0.25) is 9.69 Å². The van der Waals surface area contributed by atoms with Crippen molar-refractivity contribution < 1.29 is 27.8 Å². The van der Waals surface area contributed by atoms with E-state index in [-0.39, 0.29) is 12.5 Å². The molecule has 8 heteroatoms. The maximum absolute atomic E-state index is 11.8. The second-order valence-electron chi connectivity index (χ2n) is 4.86. The Bertz CT molecular complexity index is 303. The molecular formula is C12H21F3N2O3. The second kappa shape index (κ2) is 7.80. The van der Waals surface area contributed by atoms with Crippen LogP contribution in [0, 0.1) is 0 Å². The zero-order chi connectivity index (χ0) is 15.2. The van der Waals surface area contributed by atoms with Gasteiger partial charge in [-0.1, -0.05) is 0 Å². The Morgan fingerprint density at radius 1 is 1.30 bits per heavy atom. The van der Waals surface area contributed by atoms with Crippen LogP contribution >= 0.6 is 0 Å². The quantitative estimate of drug-likeness (QED) is 0.725. The molecule has 1 aliphatic heterocycles. The molecule has 1 unspecified atom stereocenters. The van der Waals surface area contributed by atoms with Crippen molar-refractivity contribution in [2.45, 2.75) is 25.6 Å². The fraction of sp³-hybridized carbons (Fsp3) is 0.917. The van der Waals surface area contributed by atoms with Gasteiger partial charge in [-0.05, 0) is 13.3 Å². The van der Waals surface area contributed by atoms with E-state index in [4.69, 9.17) is 0 Å². The average Bonchev–Trinajstić information content (AvgIpc) is 2.37. The molecule has 1 heterocycles. The highest BCUT2D eigenvalue weighted by Crippen LogP contribution is 2.14. The molecule has 5 nitrogen and oxygen atoms in total. The Labute approximate surface area is 116 Å². The summed E-state index contributed by atoms with van der Waals surface area (Å²) in [5, 5.41) is 9.19. The predicted octanol–water partition coefficient (Wildman–Crippen LogP) is 0.480. The number of hydrogen-bond acceptors (Lipinski definition) is 4. The third kappa shape index (κ3) is 6.53. The molecular weight excluding hydrogens is 277 g/mol. The van der Waals surface area contributed by atoms with E-state index >= 15 is 0 Å². The molecule has 0 saturated carbocycles. The van der Waals surface area contributed by atoms with E-state index in [0.717, 1.165) is 0 Å². The average molecular weight is 298 g/mol. The van der Waals surface area contributed by atoms with Crippen molar-refractivity contribution in [3.63, 3.8) is 0 Å². The third-order valence-electron chi connectivity index (χ3n) is 3.07. The molecule has 1 amide bonds. The minimum atomic E-state index is -4.27. The van der Waals surface area contributed by atoms with E-state index in [9.17, 15) is 23.1 Å². The summed E-state index contributed by atoms with van der Waals surface area (Å²) in [6, 6.07) is 0. The molecule has 0 aromatic rings. The Morgan fingerprint density at radius 2 is 1.90 bits per heavy atom. The summed E-state index contributed by atoms with van der Waals surface area (Å²) >= 11 is 0. The van der Waals surface area contributed by atoms with Gasteiger partial charge in [0.05, 0.1) is 0 Å². The van der Waals surface area contributed by atoms with Gasteiger partial charge in [0.1, 0.15) is 12.7 Å². The maximum Gasteiger partial charge on any atom is 0.411 e. The molecule has 0 aromatic heterocycles. The van der Waals surface area contributed by atoms with Gasteiger partial charge in [0, 0.05) is 39.3 Å². The Balaban J connectivity index is 2.10. The number of carbonyl (C=O) groups is 1. The third-order valence-corrected chi connectivity index (χ3v) is 3.07. The van der Waals surface area contributed by atoms with Crippen LogP contribution in [0.3, 0.4) is 0 Å². The van der Waals surface area contributed by atoms with Crippen LogP contribution in [0.25, 0.3) is 0 Å². The first kappa shape index (κ1) is 17.2. The predicted molar refractivity (Wildman–Crippen MR) is 66.2 cm³/mol. The Morgan fingerprint density at radius 3 is 2.40 bits per heavy atom. The Kier molecular flexibility index (Phi) is 6.70. The first-order valence-corrected chi connectivity index (χ1v) is 6.63. The van der Waals surface area contributed by atoms with Gasteiger partial charge < -0.3 is 14.7 Å². The number of piperazine rings is 1. The highest BCUT2D eigenvalue weighted by molar-refractivity contribution is 5.80. The van der Waals surface area contributed by atoms with E-state index in [1.165, 1.54) is 6.92 Å². The van der Waals surface area contributed by atoms with Gasteiger partial charge in [-0.25, -0.2) is 0 Å². The van der Waals surface area contributed by atoms with Crippen LogP contribution in [0.5, 0.6) is 0 Å². The van der Waals surface area contributed by atoms with Gasteiger partial charge in [0.25, 0.3) is 5.91 Å². The molecule has 0 radical (unpaired) electrons. The summed E-state index contributed by atoms with van der Waals surface area (Å²) in [4.78, 5) is 15.2. The number of rotatable bonds is 6. The topological polar surface area (TPSA) is 53.0 Å². The number of alkyl halides is 3. The summed E-state index contributed by atoms with van der Waals surface area (Å²) in [6.07, 6.45) is -4.73. The summed E-state index contributed by atoms with van der Waals surface area (Å²) in [6.45, 7) is 3.35. The Hall–Kier alpha value is -0.860. The van der Waals surface area contributed by atoms with E-state index in [1.54, 1.807) is 4.90 Å². The van der Waals surface area contributed by atoms with Crippen molar-refractivity contribution in [2.75, 3.05) is 45.9 Å². The minimum absolute atomic E-state index is 0.0757. The molecule has 1 aliphatic rings. The van der Waals surface area contributed by atoms with Crippen LogP contribution in [0.15, 0.2) is 0 Å². The molecule has 0 bridgehead atoms. The van der Waals surface area contributed by atoms with Crippen molar-refractivity contribution in [3.8, 4) is 0 Å². The maximum atomic E-state index is 11.8. The number of halogens is 3. The lowest BCUT2D eigenvalue weighted by molar-refractivity contribution is -0.174. The number of nitrogens with zero attached hydrogens (tertiary/aromatic N) is 2. The van der Waals surface area contributed by atoms with Crippen LogP contribution in [-0.4, -0.2) is 79.0 Å². The second-order valence-corrected chi connectivity index (χ2v) is 4.86. The summed E-state index contributed by atoms with van der Waals surface area (Å²) in [5.74, 6) is -0.279. The van der Waals surface area contributed by atoms with E-state index in [1.807, 2.05) is 0 Å². The lowest BCUT2D eigenvalue weighted by atomic mass is 10.2. The molecule has 0 aliphatic carbocycles. The van der Waals surface area contributed by atoms with Crippen molar-refractivity contribution in [1.82, 2.24) is 9.80 Å². The SMILES string of the molecule is CC(O)C(=O)N1CCN(CCCOCC(F)(F)F)CC1. The van der Waals surface area contributed by atoms with Crippen molar-refractivity contribution in [1.29, 1.82) is 0 Å². The van der Waals surface area contributed by atoms with Gasteiger partial charge in [-0.15, -0.1) is 0 Å². The van der Waals surface area contributed by atoms with Gasteiger partial charge >= 0.3 is 6.18 Å². The van der Waals surface area contributed by atoms with Gasteiger partial charge in [0.15, 0.2) is 0 Å². The summed E-state index contributed by atoms with van der Waals surface area (Å²) < 4.78 is 40.0. The van der Waals surface area contributed by atoms with Gasteiger partial charge in [0.2, 0.25) is 0 Å². The molecule has 20 heavy (non-hydrogen) atoms. The molecule has 1 N–H and O–H groups in total. The molecule has 1 fully saturated rings. The standard InChI is InChI=1S/C12H21F3N2O3/c1-10(18)11(19)17-6-4-16(5-7-17)3-2-8-20-9-12(13,14)15/h10,18H,2-9H2,1H3. The van der Waals surface area contributed by atoms with Gasteiger partial charge in [-0.2, -0.15) is 13.2 Å². The smallest absolute Gasteiger partial charge is 0.384 e. The number of amides is 1. The van der Waals surface area contributed by atoms with Crippen molar-refractivity contribution in [2.24, 2.45) is 0 Å². The summed E-state index contributed by atoms with van der Waals surface area (Å²) in [7, 11) is 0. The number of ether oxygens (including phenoxy) is 1. The van der Waals surface area contributed by atoms with Crippen LogP contribution in [0.2, 0.25) is 0 Å². The van der Waals surface area contributed by atoms with Crippen LogP contribution in [-0.2, 0) is 9.53 Å². The molecule has 118 valence electrons. The molecule has 0 aromatic carbocycles. The van der Waals surface area contributed by atoms with Crippen molar-refractivity contribution >= 4 is 5.91 Å². The molecule has 1 rings (SSSR count). The van der Waals surface area contributed by atoms with E-state index < -0.39 is 18.9 Å². The zero-order valence-corrected chi connectivity index (χ0v) is 11.5. The van der Waals surface area contributed by atoms with E-state index in [0.29, 0.717) is 39.1 Å². The largest absolute Gasteiger partial charge is 0.411 e. The number of aliphatic hydroxyl groups excluding tert-OH is 1. The fourth-order valence-corrected chi connectivity index (χ4v) is 2.03. The first-order valence-electron chi connectivity index (χ1n) is 6.63. The number of hydrogen-bond donors (Lipinski definition) is 1. The monoisotopic (exact) mass is 298 g/mol. The number of aliphatic hydroxyl groups is 1. The normalized spacial score (nSPS) is 19.1. The number of carbonyl (C=O) groups excluding carboxylic acids is 1. The zero-order valence-electron chi connectivity index (χ0n) is 11.5. The molecule has 0 spiro atoms. The van der Waals surface area contributed by atoms with Crippen LogP contribution in [0.1, 0.15) is 13.3 Å². The van der Waals surface area contributed by atoms with Crippen molar-refractivity contribution in [3.05, 3.63) is 0 Å². The highest BCUT2D eigenvalue weighted by Gasteiger charge is 2.27. The van der Waals surface area contributed by atoms with Crippen LogP contribution < -0.4 is 0 Å². The molecule has 1 atom stereocenters. The van der Waals surface area contributed by atoms with Crippen LogP contribution in [0.4, 0.5) is 13.2 Å².